The zero-order chi connectivity index (χ0) is 17.6. The lowest BCUT2D eigenvalue weighted by Gasteiger charge is -2.10. The van der Waals surface area contributed by atoms with Crippen molar-refractivity contribution in [3.8, 4) is 0 Å². The van der Waals surface area contributed by atoms with Gasteiger partial charge in [0.1, 0.15) is 5.82 Å². The lowest BCUT2D eigenvalue weighted by atomic mass is 9.99. The number of hydrogen-bond donors (Lipinski definition) is 2. The molecule has 136 valence electrons. The van der Waals surface area contributed by atoms with Gasteiger partial charge in [0.15, 0.2) is 17.5 Å². The Balaban J connectivity index is 1.51. The number of fused-ring (bicyclic) bond motifs is 1. The summed E-state index contributed by atoms with van der Waals surface area (Å²) in [5.74, 6) is 4.01. The average molecular weight is 345 g/mol. The van der Waals surface area contributed by atoms with Crippen LogP contribution in [0.1, 0.15) is 62.1 Å². The van der Waals surface area contributed by atoms with E-state index in [4.69, 9.17) is 4.52 Å². The summed E-state index contributed by atoms with van der Waals surface area (Å²) < 4.78 is 7.61. The van der Waals surface area contributed by atoms with Crippen molar-refractivity contribution in [1.29, 1.82) is 0 Å². The molecule has 8 nitrogen and oxygen atoms in total. The van der Waals surface area contributed by atoms with E-state index in [9.17, 15) is 0 Å². The van der Waals surface area contributed by atoms with E-state index in [-0.39, 0.29) is 0 Å². The third-order valence-electron chi connectivity index (χ3n) is 4.73. The molecule has 0 atom stereocenters. The minimum Gasteiger partial charge on any atom is -0.359 e. The van der Waals surface area contributed by atoms with Crippen LogP contribution in [-0.2, 0) is 26.1 Å². The molecule has 0 bridgehead atoms. The van der Waals surface area contributed by atoms with Crippen molar-refractivity contribution in [2.45, 2.75) is 65.1 Å². The molecule has 2 aromatic rings. The highest BCUT2D eigenvalue weighted by Gasteiger charge is 2.17. The van der Waals surface area contributed by atoms with E-state index < -0.39 is 0 Å². The SMILES string of the molecule is CCC(CC)c1cc(CNC(=NC)NCc2nnc3n2CCC3)on1. The predicted molar refractivity (Wildman–Crippen MR) is 95.2 cm³/mol. The molecular formula is C17H27N7O. The number of nitrogens with one attached hydrogen (secondary N) is 2. The van der Waals surface area contributed by atoms with Crippen molar-refractivity contribution in [2.75, 3.05) is 7.05 Å². The zero-order valence-corrected chi connectivity index (χ0v) is 15.2. The van der Waals surface area contributed by atoms with Gasteiger partial charge in [0, 0.05) is 32.0 Å². The van der Waals surface area contributed by atoms with E-state index in [0.717, 1.165) is 55.3 Å². The lowest BCUT2D eigenvalue weighted by molar-refractivity contribution is 0.368. The fraction of sp³-hybridized carbons (Fsp3) is 0.647. The average Bonchev–Trinajstić information content (AvgIpc) is 3.34. The number of guanidine groups is 1. The molecule has 1 aliphatic heterocycles. The van der Waals surface area contributed by atoms with Gasteiger partial charge in [-0.1, -0.05) is 19.0 Å². The van der Waals surface area contributed by atoms with Crippen LogP contribution in [-0.4, -0.2) is 32.9 Å². The largest absolute Gasteiger partial charge is 0.359 e. The molecule has 0 radical (unpaired) electrons. The molecule has 3 rings (SSSR count). The Hall–Kier alpha value is -2.38. The molecule has 2 aromatic heterocycles. The molecule has 0 amide bonds. The zero-order valence-electron chi connectivity index (χ0n) is 15.2. The summed E-state index contributed by atoms with van der Waals surface area (Å²) >= 11 is 0. The van der Waals surface area contributed by atoms with Crippen LogP contribution in [0.25, 0.3) is 0 Å². The van der Waals surface area contributed by atoms with Crippen LogP contribution < -0.4 is 10.6 Å². The van der Waals surface area contributed by atoms with Gasteiger partial charge in [0.2, 0.25) is 0 Å². The first-order valence-electron chi connectivity index (χ1n) is 9.06. The summed E-state index contributed by atoms with van der Waals surface area (Å²) in [7, 11) is 1.75. The van der Waals surface area contributed by atoms with Gasteiger partial charge in [-0.05, 0) is 19.3 Å². The number of aryl methyl sites for hydroxylation is 1. The van der Waals surface area contributed by atoms with Crippen LogP contribution >= 0.6 is 0 Å². The lowest BCUT2D eigenvalue weighted by Crippen LogP contribution is -2.36. The van der Waals surface area contributed by atoms with Crippen molar-refractivity contribution < 1.29 is 4.52 Å². The molecule has 0 aromatic carbocycles. The molecular weight excluding hydrogens is 318 g/mol. The summed E-state index contributed by atoms with van der Waals surface area (Å²) in [5, 5.41) is 19.2. The van der Waals surface area contributed by atoms with Crippen LogP contribution in [0.4, 0.5) is 0 Å². The second-order valence-electron chi connectivity index (χ2n) is 6.30. The number of rotatable bonds is 7. The van der Waals surface area contributed by atoms with Crippen LogP contribution in [0.2, 0.25) is 0 Å². The van der Waals surface area contributed by atoms with Crippen molar-refractivity contribution in [3.05, 3.63) is 29.2 Å². The first-order chi connectivity index (χ1) is 12.2. The van der Waals surface area contributed by atoms with Crippen LogP contribution in [0.3, 0.4) is 0 Å². The summed E-state index contributed by atoms with van der Waals surface area (Å²) in [5.41, 5.74) is 1.03. The van der Waals surface area contributed by atoms with Crippen molar-refractivity contribution in [3.63, 3.8) is 0 Å². The Labute approximate surface area is 148 Å². The quantitative estimate of drug-likeness (QED) is 0.589. The highest BCUT2D eigenvalue weighted by Crippen LogP contribution is 2.22. The van der Waals surface area contributed by atoms with Gasteiger partial charge in [-0.3, -0.25) is 4.99 Å². The topological polar surface area (TPSA) is 93.2 Å². The van der Waals surface area contributed by atoms with Crippen LogP contribution in [0.5, 0.6) is 0 Å². The maximum Gasteiger partial charge on any atom is 0.191 e. The van der Waals surface area contributed by atoms with E-state index in [1.807, 2.05) is 6.07 Å². The Morgan fingerprint density at radius 3 is 2.84 bits per heavy atom. The predicted octanol–water partition coefficient (Wildman–Crippen LogP) is 1.98. The molecule has 0 fully saturated rings. The molecule has 0 saturated heterocycles. The molecule has 0 spiro atoms. The van der Waals surface area contributed by atoms with Gasteiger partial charge < -0.3 is 19.7 Å². The molecule has 2 N–H and O–H groups in total. The standard InChI is InChI=1S/C17H27N7O/c1-4-12(5-2)14-9-13(25-23-14)10-19-17(18-3)20-11-16-22-21-15-7-6-8-24(15)16/h9,12H,4-8,10-11H2,1-3H3,(H2,18,19,20). The number of aromatic nitrogens is 4. The third kappa shape index (κ3) is 4.00. The number of aliphatic imine (C=N–C) groups is 1. The maximum absolute atomic E-state index is 5.43. The Morgan fingerprint density at radius 2 is 2.08 bits per heavy atom. The third-order valence-corrected chi connectivity index (χ3v) is 4.73. The molecule has 0 aliphatic carbocycles. The van der Waals surface area contributed by atoms with E-state index in [1.54, 1.807) is 7.05 Å². The maximum atomic E-state index is 5.43. The van der Waals surface area contributed by atoms with Gasteiger partial charge in [0.05, 0.1) is 18.8 Å². The first-order valence-corrected chi connectivity index (χ1v) is 9.06. The van der Waals surface area contributed by atoms with Gasteiger partial charge >= 0.3 is 0 Å². The summed E-state index contributed by atoms with van der Waals surface area (Å²) in [6, 6.07) is 2.03. The minimum atomic E-state index is 0.463. The molecule has 25 heavy (non-hydrogen) atoms. The normalized spacial score (nSPS) is 14.2. The second-order valence-corrected chi connectivity index (χ2v) is 6.30. The van der Waals surface area contributed by atoms with Crippen molar-refractivity contribution >= 4 is 5.96 Å². The van der Waals surface area contributed by atoms with Gasteiger partial charge in [-0.25, -0.2) is 0 Å². The van der Waals surface area contributed by atoms with Crippen molar-refractivity contribution in [1.82, 2.24) is 30.6 Å². The van der Waals surface area contributed by atoms with Gasteiger partial charge in [-0.2, -0.15) is 0 Å². The smallest absolute Gasteiger partial charge is 0.191 e. The van der Waals surface area contributed by atoms with E-state index >= 15 is 0 Å². The second kappa shape index (κ2) is 8.13. The minimum absolute atomic E-state index is 0.463. The van der Waals surface area contributed by atoms with Crippen molar-refractivity contribution in [2.24, 2.45) is 4.99 Å². The molecule has 8 heteroatoms. The fourth-order valence-corrected chi connectivity index (χ4v) is 3.21. The number of hydrogen-bond acceptors (Lipinski definition) is 5. The highest BCUT2D eigenvalue weighted by atomic mass is 16.5. The Kier molecular flexibility index (Phi) is 5.67. The van der Waals surface area contributed by atoms with Gasteiger partial charge in [0.25, 0.3) is 0 Å². The van der Waals surface area contributed by atoms with E-state index in [2.05, 4.69) is 49.4 Å². The summed E-state index contributed by atoms with van der Waals surface area (Å²) in [6.45, 7) is 6.50. The first kappa shape index (κ1) is 17.4. The van der Waals surface area contributed by atoms with Crippen LogP contribution in [0, 0.1) is 0 Å². The molecule has 0 unspecified atom stereocenters. The molecule has 3 heterocycles. The molecule has 1 aliphatic rings. The monoisotopic (exact) mass is 345 g/mol. The van der Waals surface area contributed by atoms with Gasteiger partial charge in [-0.15, -0.1) is 10.2 Å². The van der Waals surface area contributed by atoms with E-state index in [0.29, 0.717) is 25.0 Å². The highest BCUT2D eigenvalue weighted by molar-refractivity contribution is 5.79. The molecule has 0 saturated carbocycles. The van der Waals surface area contributed by atoms with E-state index in [1.165, 1.54) is 0 Å². The summed E-state index contributed by atoms with van der Waals surface area (Å²) in [4.78, 5) is 4.25. The number of nitrogens with zero attached hydrogens (tertiary/aromatic N) is 5. The fourth-order valence-electron chi connectivity index (χ4n) is 3.21. The summed E-state index contributed by atoms with van der Waals surface area (Å²) in [6.07, 6.45) is 4.31. The Bertz CT molecular complexity index is 714. The Morgan fingerprint density at radius 1 is 1.28 bits per heavy atom. The van der Waals surface area contributed by atoms with Crippen LogP contribution in [0.15, 0.2) is 15.6 Å².